The number of benzene rings is 2. The number of hydrogen-bond donors (Lipinski definition) is 4. The molecular weight excluding hydrogens is 526 g/mol. The first-order valence-electron chi connectivity index (χ1n) is 13.3. The van der Waals surface area contributed by atoms with Gasteiger partial charge in [-0.1, -0.05) is 18.2 Å². The highest BCUT2D eigenvalue weighted by atomic mass is 16.4. The number of nitrogens with one attached hydrogen (secondary N) is 3. The Hall–Kier alpha value is -4.86. The van der Waals surface area contributed by atoms with Crippen molar-refractivity contribution >= 4 is 50.6 Å². The van der Waals surface area contributed by atoms with Gasteiger partial charge in [-0.15, -0.1) is 0 Å². The summed E-state index contributed by atoms with van der Waals surface area (Å²) in [5.74, 6) is -1.36. The Bertz CT molecular complexity index is 1890. The lowest BCUT2D eigenvalue weighted by molar-refractivity contribution is -0.137. The number of aromatic amines is 1. The minimum atomic E-state index is -1.05. The summed E-state index contributed by atoms with van der Waals surface area (Å²) in [4.78, 5) is 53.5. The fourth-order valence-electron chi connectivity index (χ4n) is 5.39. The van der Waals surface area contributed by atoms with Gasteiger partial charge < -0.3 is 29.6 Å². The van der Waals surface area contributed by atoms with Crippen LogP contribution in [0, 0.1) is 27.7 Å². The summed E-state index contributed by atoms with van der Waals surface area (Å²) in [5, 5.41) is 16.8. The molecule has 3 heterocycles. The third-order valence-electron chi connectivity index (χ3n) is 7.60. The molecule has 0 spiro atoms. The van der Waals surface area contributed by atoms with Crippen molar-refractivity contribution in [2.24, 2.45) is 0 Å². The minimum Gasteiger partial charge on any atom is -0.481 e. The van der Waals surface area contributed by atoms with E-state index < -0.39 is 29.5 Å². The first-order chi connectivity index (χ1) is 19.5. The molecular formula is C31H31N3O7. The third kappa shape index (κ3) is 5.32. The van der Waals surface area contributed by atoms with Crippen LogP contribution in [0.1, 0.15) is 40.0 Å². The summed E-state index contributed by atoms with van der Waals surface area (Å²) >= 11 is 0. The number of fused-ring (bicyclic) bond motifs is 4. The monoisotopic (exact) mass is 557 g/mol. The number of rotatable bonds is 9. The van der Waals surface area contributed by atoms with E-state index in [0.717, 1.165) is 38.7 Å². The van der Waals surface area contributed by atoms with Gasteiger partial charge in [-0.3, -0.25) is 14.4 Å². The Kier molecular flexibility index (Phi) is 7.40. The van der Waals surface area contributed by atoms with Crippen LogP contribution in [0.15, 0.2) is 50.2 Å². The van der Waals surface area contributed by atoms with Crippen molar-refractivity contribution in [2.45, 2.75) is 53.0 Å². The minimum absolute atomic E-state index is 0.0841. The Labute approximate surface area is 234 Å². The maximum absolute atomic E-state index is 13.3. The maximum atomic E-state index is 13.3. The molecule has 10 heteroatoms. The molecule has 0 aliphatic carbocycles. The van der Waals surface area contributed by atoms with E-state index in [2.05, 4.69) is 15.6 Å². The van der Waals surface area contributed by atoms with E-state index in [9.17, 15) is 19.2 Å². The topological polar surface area (TPSA) is 155 Å². The number of aryl methyl sites for hydroxylation is 4. The Balaban J connectivity index is 1.45. The first-order valence-corrected chi connectivity index (χ1v) is 13.3. The van der Waals surface area contributed by atoms with Crippen LogP contribution in [0.5, 0.6) is 0 Å². The van der Waals surface area contributed by atoms with E-state index in [4.69, 9.17) is 13.9 Å². The van der Waals surface area contributed by atoms with E-state index >= 15 is 0 Å². The van der Waals surface area contributed by atoms with E-state index in [-0.39, 0.29) is 31.4 Å². The number of carbonyl (C=O) groups excluding carboxylic acids is 2. The highest BCUT2D eigenvalue weighted by molar-refractivity contribution is 6.07. The molecule has 0 fully saturated rings. The van der Waals surface area contributed by atoms with Crippen molar-refractivity contribution < 1.29 is 28.3 Å². The highest BCUT2D eigenvalue weighted by Gasteiger charge is 2.25. The van der Waals surface area contributed by atoms with Crippen molar-refractivity contribution in [1.29, 1.82) is 0 Å². The summed E-state index contributed by atoms with van der Waals surface area (Å²) in [6, 6.07) is 8.37. The molecule has 10 nitrogen and oxygen atoms in total. The van der Waals surface area contributed by atoms with E-state index in [1.165, 1.54) is 0 Å². The number of hydrogen-bond acceptors (Lipinski definition) is 6. The van der Waals surface area contributed by atoms with E-state index in [1.54, 1.807) is 19.2 Å². The van der Waals surface area contributed by atoms with E-state index in [0.29, 0.717) is 22.1 Å². The van der Waals surface area contributed by atoms with Crippen molar-refractivity contribution in [3.8, 4) is 0 Å². The average molecular weight is 558 g/mol. The maximum Gasteiger partial charge on any atom is 0.340 e. The van der Waals surface area contributed by atoms with Crippen molar-refractivity contribution in [3.63, 3.8) is 0 Å². The number of furan rings is 1. The number of amides is 2. The quantitative estimate of drug-likeness (QED) is 0.199. The lowest BCUT2D eigenvalue weighted by Crippen LogP contribution is -2.49. The Morgan fingerprint density at radius 3 is 2.54 bits per heavy atom. The lowest BCUT2D eigenvalue weighted by atomic mass is 9.98. The number of H-pyrrole nitrogens is 1. The predicted octanol–water partition coefficient (Wildman–Crippen LogP) is 4.12. The molecule has 1 atom stereocenters. The molecule has 0 aliphatic rings. The largest absolute Gasteiger partial charge is 0.481 e. The van der Waals surface area contributed by atoms with Crippen LogP contribution >= 0.6 is 0 Å². The summed E-state index contributed by atoms with van der Waals surface area (Å²) in [7, 11) is 0. The Morgan fingerprint density at radius 2 is 1.78 bits per heavy atom. The zero-order valence-electron chi connectivity index (χ0n) is 23.3. The second-order valence-corrected chi connectivity index (χ2v) is 10.3. The molecule has 41 heavy (non-hydrogen) atoms. The molecule has 5 rings (SSSR count). The zero-order valence-corrected chi connectivity index (χ0v) is 23.3. The molecule has 0 saturated carbocycles. The van der Waals surface area contributed by atoms with Crippen molar-refractivity contribution in [3.05, 3.63) is 80.5 Å². The van der Waals surface area contributed by atoms with Crippen LogP contribution in [0.4, 0.5) is 0 Å². The molecule has 4 N–H and O–H groups in total. The molecule has 0 radical (unpaired) electrons. The van der Waals surface area contributed by atoms with Gasteiger partial charge in [0.2, 0.25) is 11.8 Å². The molecule has 3 aromatic heterocycles. The molecule has 5 aromatic rings. The molecule has 2 amide bonds. The molecule has 2 aromatic carbocycles. The normalized spacial score (nSPS) is 12.2. The average Bonchev–Trinajstić information content (AvgIpc) is 3.46. The fraction of sp³-hybridized carbons (Fsp3) is 0.290. The second kappa shape index (κ2) is 11.0. The van der Waals surface area contributed by atoms with Gasteiger partial charge in [0.15, 0.2) is 0 Å². The lowest BCUT2D eigenvalue weighted by Gasteiger charge is -2.19. The van der Waals surface area contributed by atoms with Gasteiger partial charge in [0.1, 0.15) is 23.0 Å². The number of aliphatic carboxylic acids is 1. The standard InChI is InChI=1S/C31H31N3O7/c1-15-11-24-28(29-27(15)16(2)18(4)40-29)17(3)21(31(39)41-24)13-25(35)34-23(30(38)32-10-9-26(36)37)12-19-14-33-22-8-6-5-7-20(19)22/h5-8,11,14,23,33H,9-10,12-13H2,1-4H3,(H,32,38)(H,34,35)(H,36,37)/t23-/m1/s1. The Morgan fingerprint density at radius 1 is 1.02 bits per heavy atom. The SMILES string of the molecule is Cc1oc2c(c(C)cc3oc(=O)c(CC(=O)N[C@H](Cc4c[nH]c5ccccc45)C(=O)NCCC(=O)O)c(C)c32)c1C. The van der Waals surface area contributed by atoms with Crippen molar-refractivity contribution in [2.75, 3.05) is 6.54 Å². The van der Waals surface area contributed by atoms with E-state index in [1.807, 2.05) is 45.0 Å². The second-order valence-electron chi connectivity index (χ2n) is 10.3. The third-order valence-corrected chi connectivity index (χ3v) is 7.60. The van der Waals surface area contributed by atoms with Gasteiger partial charge >= 0.3 is 11.6 Å². The van der Waals surface area contributed by atoms with Gasteiger partial charge in [-0.05, 0) is 62.1 Å². The molecule has 0 saturated heterocycles. The smallest absolute Gasteiger partial charge is 0.340 e. The number of aromatic nitrogens is 1. The van der Waals surface area contributed by atoms with Gasteiger partial charge in [-0.25, -0.2) is 4.79 Å². The summed E-state index contributed by atoms with van der Waals surface area (Å²) < 4.78 is 11.7. The summed E-state index contributed by atoms with van der Waals surface area (Å²) in [6.45, 7) is 7.44. The van der Waals surface area contributed by atoms with Crippen LogP contribution in [0.3, 0.4) is 0 Å². The molecule has 212 valence electrons. The molecule has 0 bridgehead atoms. The van der Waals surface area contributed by atoms with Crippen LogP contribution in [-0.2, 0) is 27.2 Å². The zero-order chi connectivity index (χ0) is 29.4. The number of para-hydroxylation sites is 1. The number of carboxylic acid groups (broad SMARTS) is 1. The van der Waals surface area contributed by atoms with Gasteiger partial charge in [0.25, 0.3) is 0 Å². The summed E-state index contributed by atoms with van der Waals surface area (Å²) in [5.41, 5.74) is 4.70. The van der Waals surface area contributed by atoms with Crippen molar-refractivity contribution in [1.82, 2.24) is 15.6 Å². The van der Waals surface area contributed by atoms with Crippen LogP contribution in [0.25, 0.3) is 32.8 Å². The first kappa shape index (κ1) is 27.7. The van der Waals surface area contributed by atoms with Crippen LogP contribution < -0.4 is 16.3 Å². The van der Waals surface area contributed by atoms with Gasteiger partial charge in [-0.2, -0.15) is 0 Å². The van der Waals surface area contributed by atoms with Gasteiger partial charge in [0.05, 0.1) is 23.8 Å². The summed E-state index contributed by atoms with van der Waals surface area (Å²) in [6.07, 6.45) is 1.36. The highest BCUT2D eigenvalue weighted by Crippen LogP contribution is 2.36. The van der Waals surface area contributed by atoms with Gasteiger partial charge in [0, 0.05) is 35.5 Å². The fourth-order valence-corrected chi connectivity index (χ4v) is 5.39. The number of carboxylic acids is 1. The molecule has 0 unspecified atom stereocenters. The predicted molar refractivity (Wildman–Crippen MR) is 154 cm³/mol. The molecule has 0 aliphatic heterocycles. The number of carbonyl (C=O) groups is 3. The van der Waals surface area contributed by atoms with Crippen LogP contribution in [0.2, 0.25) is 0 Å². The van der Waals surface area contributed by atoms with Crippen LogP contribution in [-0.4, -0.2) is 40.5 Å².